The van der Waals surface area contributed by atoms with E-state index in [0.29, 0.717) is 52.4 Å². The number of fused-ring (bicyclic) bond motifs is 1. The molecule has 6 aromatic rings. The van der Waals surface area contributed by atoms with Gasteiger partial charge in [-0.05, 0) is 148 Å². The monoisotopic (exact) mass is 904 g/mol. The average Bonchev–Trinajstić information content (AvgIpc) is 3.73. The SMILES string of the molecule is CC.Cc1ccc(-c2ccc(Cl)cc2)c(C(O)C2CCN(c3ccc(C(=O)NSc4ccc(NCCCN(C)C)c(SC(F)(F)F)c4)c(Oc4cnc5[nH]ccc5c4)c3)CC2)c1. The summed E-state index contributed by atoms with van der Waals surface area (Å²) < 4.78 is 49.9. The standard InChI is InChI=1S/C45H46ClF3N6O3S2.C2H6/c1-28-5-12-36(29-6-8-32(46)9-7-29)38(23-28)42(56)30-16-21-55(22-17-30)33-10-13-37(40(25-33)58-34-24-31-15-19-51-43(31)52-27-34)44(57)53-60-35-11-14-39(50-18-4-20-54(2)3)41(26-35)59-45(47,48)49;1-2/h5-15,19,23-27,30,42,50,56H,4,16-18,20-22H2,1-3H3,(H,51,52)(H,53,57);1-2H3. The van der Waals surface area contributed by atoms with E-state index in [9.17, 15) is 23.1 Å². The Kier molecular flexibility index (Phi) is 16.2. The van der Waals surface area contributed by atoms with Crippen LogP contribution in [0.3, 0.4) is 0 Å². The Balaban J connectivity index is 0.00000316. The van der Waals surface area contributed by atoms with E-state index in [1.807, 2.05) is 88.3 Å². The third-order valence-corrected chi connectivity index (χ3v) is 12.2. The maximum atomic E-state index is 13.8. The van der Waals surface area contributed by atoms with Crippen LogP contribution in [0.5, 0.6) is 11.5 Å². The highest BCUT2D eigenvalue weighted by molar-refractivity contribution is 8.00. The Morgan fingerprint density at radius 1 is 1.02 bits per heavy atom. The molecule has 9 nitrogen and oxygen atoms in total. The van der Waals surface area contributed by atoms with E-state index in [-0.39, 0.29) is 28.1 Å². The minimum absolute atomic E-state index is 0.0183. The molecule has 0 bridgehead atoms. The smallest absolute Gasteiger partial charge is 0.446 e. The van der Waals surface area contributed by atoms with Gasteiger partial charge >= 0.3 is 5.51 Å². The van der Waals surface area contributed by atoms with E-state index in [0.717, 1.165) is 71.1 Å². The molecule has 0 radical (unpaired) electrons. The molecule has 3 heterocycles. The van der Waals surface area contributed by atoms with E-state index in [1.54, 1.807) is 30.6 Å². The molecule has 0 spiro atoms. The summed E-state index contributed by atoms with van der Waals surface area (Å²) in [5.74, 6) is 0.265. The number of aliphatic hydroxyl groups excluding tert-OH is 1. The molecule has 1 amide bonds. The van der Waals surface area contributed by atoms with Crippen LogP contribution in [0.25, 0.3) is 22.2 Å². The molecule has 1 saturated heterocycles. The molecule has 0 aliphatic carbocycles. The van der Waals surface area contributed by atoms with Gasteiger partial charge in [-0.3, -0.25) is 9.52 Å². The second-order valence-corrected chi connectivity index (χ2v) is 17.5. The summed E-state index contributed by atoms with van der Waals surface area (Å²) in [6, 6.07) is 27.6. The van der Waals surface area contributed by atoms with Crippen molar-refractivity contribution in [2.75, 3.05) is 50.5 Å². The van der Waals surface area contributed by atoms with Crippen LogP contribution in [-0.4, -0.2) is 71.7 Å². The van der Waals surface area contributed by atoms with Crippen LogP contribution in [0.15, 0.2) is 113 Å². The van der Waals surface area contributed by atoms with Crippen molar-refractivity contribution in [3.8, 4) is 22.6 Å². The number of anilines is 2. The Bertz CT molecular complexity index is 2420. The molecule has 1 atom stereocenters. The highest BCUT2D eigenvalue weighted by Gasteiger charge is 2.31. The lowest BCUT2D eigenvalue weighted by molar-refractivity contribution is -0.0328. The maximum Gasteiger partial charge on any atom is 0.446 e. The number of aryl methyl sites for hydroxylation is 1. The predicted molar refractivity (Wildman–Crippen MR) is 249 cm³/mol. The number of carbonyl (C=O) groups is 1. The first kappa shape index (κ1) is 46.6. The first-order valence-electron chi connectivity index (χ1n) is 20.6. The number of ether oxygens (including phenoxy) is 1. The number of hydrogen-bond acceptors (Lipinski definition) is 9. The lowest BCUT2D eigenvalue weighted by Crippen LogP contribution is -2.35. The number of aromatic nitrogens is 2. The van der Waals surface area contributed by atoms with Crippen LogP contribution in [0, 0.1) is 12.8 Å². The Morgan fingerprint density at radius 2 is 1.77 bits per heavy atom. The first-order chi connectivity index (χ1) is 29.8. The van der Waals surface area contributed by atoms with Crippen LogP contribution < -0.4 is 19.7 Å². The lowest BCUT2D eigenvalue weighted by atomic mass is 9.83. The van der Waals surface area contributed by atoms with Gasteiger partial charge in [0.2, 0.25) is 0 Å². The van der Waals surface area contributed by atoms with Gasteiger partial charge in [-0.2, -0.15) is 13.2 Å². The number of hydrogen-bond donors (Lipinski definition) is 4. The molecule has 0 saturated carbocycles. The van der Waals surface area contributed by atoms with Crippen LogP contribution in [0.1, 0.15) is 60.7 Å². The summed E-state index contributed by atoms with van der Waals surface area (Å²) in [6.45, 7) is 8.66. The Labute approximate surface area is 374 Å². The number of aromatic amines is 1. The molecule has 7 rings (SSSR count). The highest BCUT2D eigenvalue weighted by atomic mass is 35.5. The van der Waals surface area contributed by atoms with Crippen LogP contribution in [0.4, 0.5) is 24.5 Å². The lowest BCUT2D eigenvalue weighted by Gasteiger charge is -2.36. The van der Waals surface area contributed by atoms with E-state index in [2.05, 4.69) is 43.1 Å². The molecule has 328 valence electrons. The zero-order valence-corrected chi connectivity index (χ0v) is 37.7. The van der Waals surface area contributed by atoms with Gasteiger partial charge in [0.15, 0.2) is 0 Å². The number of halogens is 4. The molecular formula is C47H52ClF3N6O3S2. The minimum Gasteiger partial charge on any atom is -0.455 e. The summed E-state index contributed by atoms with van der Waals surface area (Å²) in [4.78, 5) is 26.0. The number of piperidine rings is 1. The summed E-state index contributed by atoms with van der Waals surface area (Å²) in [5, 5.41) is 16.4. The van der Waals surface area contributed by atoms with E-state index < -0.39 is 17.5 Å². The van der Waals surface area contributed by atoms with Gasteiger partial charge < -0.3 is 29.9 Å². The van der Waals surface area contributed by atoms with E-state index >= 15 is 0 Å². The van der Waals surface area contributed by atoms with Gasteiger partial charge in [0.25, 0.3) is 5.91 Å². The van der Waals surface area contributed by atoms with Crippen molar-refractivity contribution in [2.45, 2.75) is 61.4 Å². The number of thioether (sulfide) groups is 1. The van der Waals surface area contributed by atoms with Crippen molar-refractivity contribution in [1.29, 1.82) is 0 Å². The molecule has 1 aliphatic heterocycles. The first-order valence-corrected chi connectivity index (χ1v) is 22.6. The van der Waals surface area contributed by atoms with Crippen LogP contribution >= 0.6 is 35.3 Å². The number of alkyl halides is 3. The summed E-state index contributed by atoms with van der Waals surface area (Å²) in [5.41, 5.74) is 1.61. The van der Waals surface area contributed by atoms with Crippen molar-refractivity contribution in [3.05, 3.63) is 125 Å². The number of aliphatic hydroxyl groups is 1. The van der Waals surface area contributed by atoms with Gasteiger partial charge in [-0.1, -0.05) is 61.3 Å². The topological polar surface area (TPSA) is 106 Å². The van der Waals surface area contributed by atoms with E-state index in [4.69, 9.17) is 16.3 Å². The zero-order chi connectivity index (χ0) is 44.4. The van der Waals surface area contributed by atoms with Gasteiger partial charge in [-0.15, -0.1) is 0 Å². The highest BCUT2D eigenvalue weighted by Crippen LogP contribution is 2.43. The van der Waals surface area contributed by atoms with Gasteiger partial charge in [0.05, 0.1) is 17.9 Å². The molecule has 2 aromatic heterocycles. The zero-order valence-electron chi connectivity index (χ0n) is 35.4. The molecule has 4 N–H and O–H groups in total. The van der Waals surface area contributed by atoms with E-state index in [1.165, 1.54) is 6.07 Å². The van der Waals surface area contributed by atoms with Crippen molar-refractivity contribution in [3.63, 3.8) is 0 Å². The summed E-state index contributed by atoms with van der Waals surface area (Å²) in [6.07, 6.45) is 4.92. The fourth-order valence-corrected chi connectivity index (χ4v) is 8.85. The summed E-state index contributed by atoms with van der Waals surface area (Å²) in [7, 11) is 3.88. The van der Waals surface area contributed by atoms with Crippen molar-refractivity contribution >= 4 is 63.6 Å². The number of pyridine rings is 1. The largest absolute Gasteiger partial charge is 0.455 e. The normalized spacial score (nSPS) is 13.8. The third-order valence-electron chi connectivity index (χ3n) is 10.4. The molecule has 1 unspecified atom stereocenters. The number of H-pyrrole nitrogens is 1. The second-order valence-electron chi connectivity index (χ2n) is 15.1. The van der Waals surface area contributed by atoms with Gasteiger partial charge in [-0.25, -0.2) is 4.98 Å². The number of benzene rings is 4. The third kappa shape index (κ3) is 12.4. The van der Waals surface area contributed by atoms with Crippen LogP contribution in [0.2, 0.25) is 5.02 Å². The molecule has 1 aliphatic rings. The quantitative estimate of drug-likeness (QED) is 0.0455. The fourth-order valence-electron chi connectivity index (χ4n) is 7.33. The predicted octanol–water partition coefficient (Wildman–Crippen LogP) is 12.4. The van der Waals surface area contributed by atoms with Crippen molar-refractivity contribution in [2.24, 2.45) is 5.92 Å². The molecule has 62 heavy (non-hydrogen) atoms. The van der Waals surface area contributed by atoms with Gasteiger partial charge in [0.1, 0.15) is 17.1 Å². The van der Waals surface area contributed by atoms with Gasteiger partial charge in [0, 0.05) is 63.5 Å². The number of nitrogens with zero attached hydrogens (tertiary/aromatic N) is 3. The second kappa shape index (κ2) is 21.5. The Morgan fingerprint density at radius 3 is 2.50 bits per heavy atom. The number of amides is 1. The maximum absolute atomic E-state index is 13.8. The average molecular weight is 906 g/mol. The number of rotatable bonds is 15. The molecule has 15 heteroatoms. The molecule has 1 fully saturated rings. The Hall–Kier alpha value is -4.86. The number of carbonyl (C=O) groups excluding carboxylic acids is 1. The van der Waals surface area contributed by atoms with Crippen molar-refractivity contribution in [1.82, 2.24) is 19.6 Å². The fraction of sp³-hybridized carbons (Fsp3) is 0.319. The molecular weight excluding hydrogens is 853 g/mol. The molecule has 4 aromatic carbocycles. The van der Waals surface area contributed by atoms with Crippen LogP contribution in [-0.2, 0) is 0 Å². The minimum atomic E-state index is -4.49. The van der Waals surface area contributed by atoms with Crippen molar-refractivity contribution < 1.29 is 27.8 Å². The summed E-state index contributed by atoms with van der Waals surface area (Å²) >= 11 is 6.91. The number of nitrogens with one attached hydrogen (secondary N) is 3.